The van der Waals surface area contributed by atoms with Crippen LogP contribution in [-0.2, 0) is 4.79 Å². The van der Waals surface area contributed by atoms with Crippen molar-refractivity contribution >= 4 is 17.7 Å². The summed E-state index contributed by atoms with van der Waals surface area (Å²) < 4.78 is 0. The highest BCUT2D eigenvalue weighted by Gasteiger charge is 2.33. The number of piperidine rings is 1. The second-order valence-corrected chi connectivity index (χ2v) is 5.82. The van der Waals surface area contributed by atoms with E-state index in [2.05, 4.69) is 15.1 Å². The highest BCUT2D eigenvalue weighted by molar-refractivity contribution is 5.95. The maximum atomic E-state index is 12.5. The molecule has 1 aromatic rings. The maximum absolute atomic E-state index is 12.5. The third-order valence-electron chi connectivity index (χ3n) is 4.35. The fraction of sp³-hybridized carbons (Fsp3) is 0.600. The summed E-state index contributed by atoms with van der Waals surface area (Å²) in [5.41, 5.74) is 0.219. The number of aromatic nitrogens is 2. The van der Waals surface area contributed by atoms with Crippen molar-refractivity contribution in [2.45, 2.75) is 38.1 Å². The van der Waals surface area contributed by atoms with E-state index in [0.717, 1.165) is 44.6 Å². The van der Waals surface area contributed by atoms with Crippen molar-refractivity contribution in [2.24, 2.45) is 0 Å². The van der Waals surface area contributed by atoms with Crippen molar-refractivity contribution in [2.75, 3.05) is 24.5 Å². The standard InChI is InChI=1S/C15H20N4O3/c20-14(19-10-2-1-5-12(19)15(21)22)11-6-7-13(17-16-11)18-8-3-4-9-18/h6-7,12H,1-5,8-10H2,(H,21,22). The Bertz CT molecular complexity index is 554. The molecule has 2 saturated heterocycles. The van der Waals surface area contributed by atoms with Crippen LogP contribution in [0.1, 0.15) is 42.6 Å². The predicted molar refractivity (Wildman–Crippen MR) is 79.8 cm³/mol. The van der Waals surface area contributed by atoms with Crippen LogP contribution in [0.3, 0.4) is 0 Å². The number of aliphatic carboxylic acids is 1. The Labute approximate surface area is 128 Å². The molecule has 7 heteroatoms. The third kappa shape index (κ3) is 2.88. The van der Waals surface area contributed by atoms with Gasteiger partial charge in [0.15, 0.2) is 11.5 Å². The van der Waals surface area contributed by atoms with Gasteiger partial charge in [-0.3, -0.25) is 4.79 Å². The van der Waals surface area contributed by atoms with Crippen LogP contribution in [0.5, 0.6) is 0 Å². The van der Waals surface area contributed by atoms with Gasteiger partial charge in [0.25, 0.3) is 5.91 Å². The fourth-order valence-corrected chi connectivity index (χ4v) is 3.13. The van der Waals surface area contributed by atoms with Gasteiger partial charge in [-0.2, -0.15) is 0 Å². The molecule has 1 amide bonds. The molecule has 0 radical (unpaired) electrons. The molecule has 3 heterocycles. The van der Waals surface area contributed by atoms with Crippen LogP contribution in [-0.4, -0.2) is 57.8 Å². The van der Waals surface area contributed by atoms with Crippen molar-refractivity contribution in [1.82, 2.24) is 15.1 Å². The number of carboxylic acid groups (broad SMARTS) is 1. The Kier molecular flexibility index (Phi) is 4.22. The molecule has 3 rings (SSSR count). The van der Waals surface area contributed by atoms with Gasteiger partial charge in [-0.25, -0.2) is 4.79 Å². The molecule has 0 spiro atoms. The molecule has 2 aliphatic rings. The summed E-state index contributed by atoms with van der Waals surface area (Å²) in [6.45, 7) is 2.40. The third-order valence-corrected chi connectivity index (χ3v) is 4.35. The molecule has 1 aromatic heterocycles. The van der Waals surface area contributed by atoms with Gasteiger partial charge in [0.2, 0.25) is 0 Å². The topological polar surface area (TPSA) is 86.6 Å². The normalized spacial score (nSPS) is 21.9. The van der Waals surface area contributed by atoms with Gasteiger partial charge in [0, 0.05) is 19.6 Å². The minimum absolute atomic E-state index is 0.219. The van der Waals surface area contributed by atoms with E-state index in [1.54, 1.807) is 12.1 Å². The highest BCUT2D eigenvalue weighted by Crippen LogP contribution is 2.21. The molecule has 7 nitrogen and oxygen atoms in total. The Hall–Kier alpha value is -2.18. The molecule has 22 heavy (non-hydrogen) atoms. The van der Waals surface area contributed by atoms with Crippen LogP contribution in [0.25, 0.3) is 0 Å². The zero-order valence-corrected chi connectivity index (χ0v) is 12.4. The number of nitrogens with zero attached hydrogens (tertiary/aromatic N) is 4. The number of carbonyl (C=O) groups excluding carboxylic acids is 1. The molecule has 0 aromatic carbocycles. The molecule has 1 unspecified atom stereocenters. The number of rotatable bonds is 3. The lowest BCUT2D eigenvalue weighted by Gasteiger charge is -2.32. The van der Waals surface area contributed by atoms with Crippen LogP contribution < -0.4 is 4.90 Å². The predicted octanol–water partition coefficient (Wildman–Crippen LogP) is 1.16. The zero-order chi connectivity index (χ0) is 15.5. The van der Waals surface area contributed by atoms with E-state index in [1.807, 2.05) is 0 Å². The lowest BCUT2D eigenvalue weighted by atomic mass is 10.0. The van der Waals surface area contributed by atoms with Gasteiger partial charge in [-0.1, -0.05) is 0 Å². The maximum Gasteiger partial charge on any atom is 0.326 e. The summed E-state index contributed by atoms with van der Waals surface area (Å²) in [6, 6.07) is 2.70. The summed E-state index contributed by atoms with van der Waals surface area (Å²) in [5.74, 6) is -0.509. The van der Waals surface area contributed by atoms with Crippen LogP contribution in [0.4, 0.5) is 5.82 Å². The monoisotopic (exact) mass is 304 g/mol. The van der Waals surface area contributed by atoms with E-state index in [0.29, 0.717) is 13.0 Å². The number of amides is 1. The van der Waals surface area contributed by atoms with E-state index in [4.69, 9.17) is 0 Å². The minimum atomic E-state index is -0.949. The van der Waals surface area contributed by atoms with Crippen molar-refractivity contribution in [3.05, 3.63) is 17.8 Å². The lowest BCUT2D eigenvalue weighted by molar-refractivity contribution is -0.143. The SMILES string of the molecule is O=C(O)C1CCCCN1C(=O)c1ccc(N2CCCC2)nn1. The van der Waals surface area contributed by atoms with Crippen molar-refractivity contribution in [3.63, 3.8) is 0 Å². The number of anilines is 1. The second-order valence-electron chi connectivity index (χ2n) is 5.82. The van der Waals surface area contributed by atoms with Gasteiger partial charge < -0.3 is 14.9 Å². The summed E-state index contributed by atoms with van der Waals surface area (Å²) in [6.07, 6.45) is 4.46. The summed E-state index contributed by atoms with van der Waals surface area (Å²) in [5, 5.41) is 17.4. The number of carboxylic acids is 1. The summed E-state index contributed by atoms with van der Waals surface area (Å²) in [7, 11) is 0. The van der Waals surface area contributed by atoms with Crippen molar-refractivity contribution in [1.29, 1.82) is 0 Å². The molecule has 2 aliphatic heterocycles. The Morgan fingerprint density at radius 1 is 1.05 bits per heavy atom. The first-order valence-corrected chi connectivity index (χ1v) is 7.79. The zero-order valence-electron chi connectivity index (χ0n) is 12.4. The van der Waals surface area contributed by atoms with Gasteiger partial charge in [-0.15, -0.1) is 10.2 Å². The molecule has 118 valence electrons. The van der Waals surface area contributed by atoms with E-state index in [9.17, 15) is 14.7 Å². The Balaban J connectivity index is 1.74. The van der Waals surface area contributed by atoms with E-state index in [1.165, 1.54) is 4.90 Å². The average molecular weight is 304 g/mol. The van der Waals surface area contributed by atoms with Crippen LogP contribution in [0, 0.1) is 0 Å². The number of likely N-dealkylation sites (tertiary alicyclic amines) is 1. The molecule has 0 saturated carbocycles. The number of carbonyl (C=O) groups is 2. The van der Waals surface area contributed by atoms with Crippen LogP contribution in [0.2, 0.25) is 0 Å². The van der Waals surface area contributed by atoms with Gasteiger partial charge in [0.1, 0.15) is 6.04 Å². The molecule has 1 atom stereocenters. The van der Waals surface area contributed by atoms with Gasteiger partial charge >= 0.3 is 5.97 Å². The first-order valence-electron chi connectivity index (χ1n) is 7.79. The largest absolute Gasteiger partial charge is 0.480 e. The molecular formula is C15H20N4O3. The smallest absolute Gasteiger partial charge is 0.326 e. The second kappa shape index (κ2) is 6.29. The first kappa shape index (κ1) is 14.7. The summed E-state index contributed by atoms with van der Waals surface area (Å²) >= 11 is 0. The van der Waals surface area contributed by atoms with E-state index in [-0.39, 0.29) is 11.6 Å². The molecule has 1 N–H and O–H groups in total. The Morgan fingerprint density at radius 3 is 2.41 bits per heavy atom. The first-order chi connectivity index (χ1) is 10.7. The molecule has 0 aliphatic carbocycles. The quantitative estimate of drug-likeness (QED) is 0.901. The van der Waals surface area contributed by atoms with Crippen LogP contribution >= 0.6 is 0 Å². The number of hydrogen-bond donors (Lipinski definition) is 1. The number of hydrogen-bond acceptors (Lipinski definition) is 5. The minimum Gasteiger partial charge on any atom is -0.480 e. The van der Waals surface area contributed by atoms with Gasteiger partial charge in [0.05, 0.1) is 0 Å². The van der Waals surface area contributed by atoms with Crippen molar-refractivity contribution < 1.29 is 14.7 Å². The van der Waals surface area contributed by atoms with E-state index < -0.39 is 12.0 Å². The molecule has 0 bridgehead atoms. The lowest BCUT2D eigenvalue weighted by Crippen LogP contribution is -2.48. The molecular weight excluding hydrogens is 284 g/mol. The Morgan fingerprint density at radius 2 is 1.77 bits per heavy atom. The average Bonchev–Trinajstić information content (AvgIpc) is 3.09. The molecule has 2 fully saturated rings. The van der Waals surface area contributed by atoms with Gasteiger partial charge in [-0.05, 0) is 44.2 Å². The van der Waals surface area contributed by atoms with Crippen LogP contribution in [0.15, 0.2) is 12.1 Å². The van der Waals surface area contributed by atoms with E-state index >= 15 is 0 Å². The highest BCUT2D eigenvalue weighted by atomic mass is 16.4. The van der Waals surface area contributed by atoms with Crippen molar-refractivity contribution in [3.8, 4) is 0 Å². The fourth-order valence-electron chi connectivity index (χ4n) is 3.13. The summed E-state index contributed by atoms with van der Waals surface area (Å²) in [4.78, 5) is 27.3.